The van der Waals surface area contributed by atoms with Crippen LogP contribution >= 0.6 is 0 Å². The van der Waals surface area contributed by atoms with Crippen LogP contribution in [0.1, 0.15) is 34.3 Å². The molecule has 1 saturated heterocycles. The van der Waals surface area contributed by atoms with Crippen molar-refractivity contribution >= 4 is 21.7 Å². The molecule has 1 unspecified atom stereocenters. The number of pyridine rings is 1. The van der Waals surface area contributed by atoms with Gasteiger partial charge in [-0.1, -0.05) is 0 Å². The summed E-state index contributed by atoms with van der Waals surface area (Å²) in [6.07, 6.45) is 4.22. The zero-order valence-electron chi connectivity index (χ0n) is 15.4. The molecule has 146 valence electrons. The molecule has 0 aliphatic carbocycles. The lowest BCUT2D eigenvalue weighted by atomic mass is 9.95. The lowest BCUT2D eigenvalue weighted by Gasteiger charge is -2.33. The third-order valence-corrected chi connectivity index (χ3v) is 8.26. The third-order valence-electron chi connectivity index (χ3n) is 5.67. The minimum atomic E-state index is -3.86. The molecule has 7 nitrogen and oxygen atoms in total. The smallest absolute Gasteiger partial charge is 0.337 e. The zero-order chi connectivity index (χ0) is 19.9. The number of carbonyl (C=O) groups is 2. The standard InChI is InChI=1S/C20H20N2O5S/c1-27-18(23)16-2-3-17-15(12-16)4-7-20(28(17,25)26)8-11-22(19(20)24)13-14-5-9-21-10-6-14/h2-3,5-6,9-10,12H,4,7-8,11,13H2,1H3. The minimum absolute atomic E-state index is 0.144. The molecule has 2 aliphatic rings. The van der Waals surface area contributed by atoms with Crippen LogP contribution in [0.5, 0.6) is 0 Å². The van der Waals surface area contributed by atoms with Gasteiger partial charge in [0.05, 0.1) is 17.6 Å². The number of benzene rings is 1. The quantitative estimate of drug-likeness (QED) is 0.729. The van der Waals surface area contributed by atoms with Gasteiger partial charge >= 0.3 is 5.97 Å². The van der Waals surface area contributed by atoms with Gasteiger partial charge in [0.2, 0.25) is 5.91 Å². The SMILES string of the molecule is COC(=O)c1ccc2c(c1)CCC1(CCN(Cc3ccncc3)C1=O)S2(=O)=O. The van der Waals surface area contributed by atoms with Crippen molar-refractivity contribution < 1.29 is 22.7 Å². The average molecular weight is 400 g/mol. The topological polar surface area (TPSA) is 93.6 Å². The number of aryl methyl sites for hydroxylation is 1. The largest absolute Gasteiger partial charge is 0.465 e. The molecule has 0 bridgehead atoms. The number of hydrogen-bond donors (Lipinski definition) is 0. The van der Waals surface area contributed by atoms with Crippen LogP contribution in [0.4, 0.5) is 0 Å². The van der Waals surface area contributed by atoms with Gasteiger partial charge in [-0.3, -0.25) is 9.78 Å². The summed E-state index contributed by atoms with van der Waals surface area (Å²) in [6, 6.07) is 8.06. The molecule has 4 rings (SSSR count). The van der Waals surface area contributed by atoms with E-state index in [4.69, 9.17) is 4.74 Å². The summed E-state index contributed by atoms with van der Waals surface area (Å²) in [5.41, 5.74) is 1.79. The van der Waals surface area contributed by atoms with Gasteiger partial charge in [-0.15, -0.1) is 0 Å². The lowest BCUT2D eigenvalue weighted by molar-refractivity contribution is -0.130. The highest BCUT2D eigenvalue weighted by atomic mass is 32.2. The van der Waals surface area contributed by atoms with E-state index in [9.17, 15) is 18.0 Å². The Morgan fingerprint density at radius 1 is 1.21 bits per heavy atom. The predicted molar refractivity (Wildman–Crippen MR) is 100 cm³/mol. The van der Waals surface area contributed by atoms with Crippen LogP contribution in [0.2, 0.25) is 0 Å². The number of amides is 1. The molecule has 1 atom stereocenters. The number of nitrogens with zero attached hydrogens (tertiary/aromatic N) is 2. The van der Waals surface area contributed by atoms with E-state index in [1.165, 1.54) is 19.2 Å². The second-order valence-corrected chi connectivity index (χ2v) is 9.37. The van der Waals surface area contributed by atoms with Gasteiger partial charge in [-0.2, -0.15) is 0 Å². The Morgan fingerprint density at radius 3 is 2.68 bits per heavy atom. The normalized spacial score (nSPS) is 22.9. The summed E-state index contributed by atoms with van der Waals surface area (Å²) in [4.78, 5) is 30.7. The van der Waals surface area contributed by atoms with Crippen LogP contribution in [-0.4, -0.2) is 48.6 Å². The van der Waals surface area contributed by atoms with Gasteiger partial charge in [-0.25, -0.2) is 13.2 Å². The van der Waals surface area contributed by atoms with Gasteiger partial charge in [-0.05, 0) is 60.7 Å². The average Bonchev–Trinajstić information content (AvgIpc) is 3.02. The van der Waals surface area contributed by atoms with Crippen LogP contribution in [0, 0.1) is 0 Å². The summed E-state index contributed by atoms with van der Waals surface area (Å²) in [5, 5.41) is 0. The maximum absolute atomic E-state index is 13.4. The number of rotatable bonds is 3. The number of sulfone groups is 1. The van der Waals surface area contributed by atoms with Crippen LogP contribution in [0.25, 0.3) is 0 Å². The van der Waals surface area contributed by atoms with Crippen LogP contribution in [-0.2, 0) is 32.3 Å². The van der Waals surface area contributed by atoms with E-state index in [1.54, 1.807) is 23.4 Å². The number of fused-ring (bicyclic) bond motifs is 1. The van der Waals surface area contributed by atoms with Crippen molar-refractivity contribution in [3.05, 3.63) is 59.4 Å². The van der Waals surface area contributed by atoms with Crippen LogP contribution in [0.3, 0.4) is 0 Å². The van der Waals surface area contributed by atoms with Crippen molar-refractivity contribution in [2.45, 2.75) is 35.4 Å². The highest BCUT2D eigenvalue weighted by Gasteiger charge is 2.58. The fourth-order valence-corrected chi connectivity index (χ4v) is 6.38. The molecular weight excluding hydrogens is 380 g/mol. The molecule has 0 N–H and O–H groups in total. The first-order valence-electron chi connectivity index (χ1n) is 9.03. The molecule has 28 heavy (non-hydrogen) atoms. The van der Waals surface area contributed by atoms with Gasteiger partial charge in [0.1, 0.15) is 0 Å². The van der Waals surface area contributed by atoms with Crippen molar-refractivity contribution in [3.63, 3.8) is 0 Å². The minimum Gasteiger partial charge on any atom is -0.465 e. The Balaban J connectivity index is 1.67. The summed E-state index contributed by atoms with van der Waals surface area (Å²) < 4.78 is 30.1. The molecule has 1 fully saturated rings. The van der Waals surface area contributed by atoms with Crippen molar-refractivity contribution in [3.8, 4) is 0 Å². The first-order chi connectivity index (χ1) is 13.4. The van der Waals surface area contributed by atoms with Crippen LogP contribution in [0.15, 0.2) is 47.6 Å². The highest BCUT2D eigenvalue weighted by Crippen LogP contribution is 2.44. The maximum atomic E-state index is 13.4. The van der Waals surface area contributed by atoms with E-state index >= 15 is 0 Å². The number of aromatic nitrogens is 1. The fourth-order valence-electron chi connectivity index (χ4n) is 4.12. The molecule has 2 aromatic rings. The molecular formula is C20H20N2O5S. The third kappa shape index (κ3) is 2.71. The number of ether oxygens (including phenoxy) is 1. The Labute approximate surface area is 163 Å². The number of likely N-dealkylation sites (tertiary alicyclic amines) is 1. The molecule has 1 aromatic carbocycles. The number of esters is 1. The van der Waals surface area contributed by atoms with Gasteiger partial charge < -0.3 is 9.64 Å². The highest BCUT2D eigenvalue weighted by molar-refractivity contribution is 7.93. The monoisotopic (exact) mass is 400 g/mol. The zero-order valence-corrected chi connectivity index (χ0v) is 16.2. The molecule has 1 amide bonds. The molecule has 2 aliphatic heterocycles. The van der Waals surface area contributed by atoms with E-state index in [1.807, 2.05) is 12.1 Å². The second-order valence-electron chi connectivity index (χ2n) is 7.14. The van der Waals surface area contributed by atoms with Crippen molar-refractivity contribution in [1.82, 2.24) is 9.88 Å². The van der Waals surface area contributed by atoms with Gasteiger partial charge in [0.25, 0.3) is 0 Å². The second kappa shape index (κ2) is 6.70. The van der Waals surface area contributed by atoms with E-state index in [0.29, 0.717) is 30.6 Å². The fraction of sp³-hybridized carbons (Fsp3) is 0.350. The Hall–Kier alpha value is -2.74. The first-order valence-corrected chi connectivity index (χ1v) is 10.5. The van der Waals surface area contributed by atoms with Crippen molar-refractivity contribution in [1.29, 1.82) is 0 Å². The van der Waals surface area contributed by atoms with Gasteiger partial charge in [0, 0.05) is 25.5 Å². The lowest BCUT2D eigenvalue weighted by Crippen LogP contribution is -2.49. The molecule has 1 aromatic heterocycles. The maximum Gasteiger partial charge on any atom is 0.337 e. The number of carbonyl (C=O) groups excluding carboxylic acids is 2. The molecule has 0 saturated carbocycles. The molecule has 0 radical (unpaired) electrons. The van der Waals surface area contributed by atoms with E-state index in [-0.39, 0.29) is 23.6 Å². The van der Waals surface area contributed by atoms with Crippen molar-refractivity contribution in [2.24, 2.45) is 0 Å². The van der Waals surface area contributed by atoms with E-state index in [2.05, 4.69) is 4.98 Å². The number of hydrogen-bond acceptors (Lipinski definition) is 6. The summed E-state index contributed by atoms with van der Waals surface area (Å²) in [7, 11) is -2.58. The molecule has 3 heterocycles. The first kappa shape index (κ1) is 18.6. The van der Waals surface area contributed by atoms with E-state index in [0.717, 1.165) is 5.56 Å². The predicted octanol–water partition coefficient (Wildman–Crippen LogP) is 1.76. The Morgan fingerprint density at radius 2 is 1.96 bits per heavy atom. The van der Waals surface area contributed by atoms with Crippen LogP contribution < -0.4 is 0 Å². The Bertz CT molecular complexity index is 1050. The number of methoxy groups -OCH3 is 1. The summed E-state index contributed by atoms with van der Waals surface area (Å²) in [5.74, 6) is -0.854. The molecule has 8 heteroatoms. The Kier molecular flexibility index (Phi) is 4.45. The summed E-state index contributed by atoms with van der Waals surface area (Å²) >= 11 is 0. The van der Waals surface area contributed by atoms with Gasteiger partial charge in [0.15, 0.2) is 14.6 Å². The molecule has 1 spiro atoms. The van der Waals surface area contributed by atoms with E-state index < -0.39 is 20.6 Å². The summed E-state index contributed by atoms with van der Waals surface area (Å²) in [6.45, 7) is 0.767. The van der Waals surface area contributed by atoms with Crippen molar-refractivity contribution in [2.75, 3.05) is 13.7 Å².